The van der Waals surface area contributed by atoms with Crippen LogP contribution in [-0.4, -0.2) is 48.1 Å². The molecule has 0 unspecified atom stereocenters. The second kappa shape index (κ2) is 10.5. The van der Waals surface area contributed by atoms with Crippen LogP contribution in [0.15, 0.2) is 91.0 Å². The Bertz CT molecular complexity index is 1350. The van der Waals surface area contributed by atoms with Crippen molar-refractivity contribution in [3.63, 3.8) is 0 Å². The Morgan fingerprint density at radius 3 is 2.11 bits per heavy atom. The van der Waals surface area contributed by atoms with Crippen molar-refractivity contribution in [2.45, 2.75) is 0 Å². The maximum absolute atomic E-state index is 14.1. The molecule has 0 fully saturated rings. The van der Waals surface area contributed by atoms with E-state index < -0.39 is 5.91 Å². The minimum Gasteiger partial charge on any atom is -0.358 e. The first-order valence-corrected chi connectivity index (χ1v) is 11.1. The molecule has 4 rings (SSSR count). The molecule has 1 heterocycles. The van der Waals surface area contributed by atoms with Crippen LogP contribution in [-0.2, 0) is 4.79 Å². The van der Waals surface area contributed by atoms with Crippen molar-refractivity contribution in [1.82, 2.24) is 20.4 Å². The first kappa shape index (κ1) is 23.4. The Morgan fingerprint density at radius 1 is 0.829 bits per heavy atom. The molecule has 176 valence electrons. The second-order valence-electron chi connectivity index (χ2n) is 7.69. The van der Waals surface area contributed by atoms with Crippen LogP contribution in [0.1, 0.15) is 20.8 Å². The van der Waals surface area contributed by atoms with E-state index in [1.807, 2.05) is 60.7 Å². The lowest BCUT2D eigenvalue weighted by atomic mass is 10.1. The highest BCUT2D eigenvalue weighted by atomic mass is 16.2. The average Bonchev–Trinajstić information content (AvgIpc) is 3.37. The topological polar surface area (TPSA) is 96.3 Å². The first-order chi connectivity index (χ1) is 17.0. The van der Waals surface area contributed by atoms with Gasteiger partial charge >= 0.3 is 0 Å². The monoisotopic (exact) mass is 467 g/mol. The number of hydrogen-bond donors (Lipinski definition) is 2. The summed E-state index contributed by atoms with van der Waals surface area (Å²) in [4.78, 5) is 40.4. The molecule has 0 aliphatic rings. The number of aromatic nitrogens is 2. The molecule has 0 saturated heterocycles. The Labute approximate surface area is 203 Å². The number of nitrogens with one attached hydrogen (secondary N) is 2. The fourth-order valence-corrected chi connectivity index (χ4v) is 3.71. The number of carbonyl (C=O) groups excluding carboxylic acids is 3. The third kappa shape index (κ3) is 4.96. The summed E-state index contributed by atoms with van der Waals surface area (Å²) in [6.07, 6.45) is 0. The highest BCUT2D eigenvalue weighted by molar-refractivity contribution is 6.12. The predicted octanol–water partition coefficient (Wildman–Crippen LogP) is 3.29. The Kier molecular flexibility index (Phi) is 7.02. The fraction of sp³-hybridized carbons (Fsp3) is 0.111. The average molecular weight is 468 g/mol. The Morgan fingerprint density at radius 2 is 1.46 bits per heavy atom. The summed E-state index contributed by atoms with van der Waals surface area (Å²) in [6, 6.07) is 27.2. The highest BCUT2D eigenvalue weighted by Crippen LogP contribution is 2.26. The summed E-state index contributed by atoms with van der Waals surface area (Å²) in [5.74, 6) is -1.21. The van der Waals surface area contributed by atoms with Crippen molar-refractivity contribution in [3.8, 4) is 16.9 Å². The molecule has 0 bridgehead atoms. The molecule has 0 aliphatic heterocycles. The molecule has 4 aromatic rings. The summed E-state index contributed by atoms with van der Waals surface area (Å²) >= 11 is 0. The zero-order valence-electron chi connectivity index (χ0n) is 19.4. The summed E-state index contributed by atoms with van der Waals surface area (Å²) in [7, 11) is 3.01. The van der Waals surface area contributed by atoms with E-state index in [0.717, 1.165) is 5.56 Å². The van der Waals surface area contributed by atoms with Gasteiger partial charge in [-0.15, -0.1) is 0 Å². The lowest BCUT2D eigenvalue weighted by Gasteiger charge is -2.24. The van der Waals surface area contributed by atoms with Crippen molar-refractivity contribution in [3.05, 3.63) is 102 Å². The van der Waals surface area contributed by atoms with Crippen LogP contribution >= 0.6 is 0 Å². The SMILES string of the molecule is CNC(=O)CN(C(=O)c1cc(-c2ccccc2)nn1-c1ccccc1)c1ccccc1C(=O)NC. The summed E-state index contributed by atoms with van der Waals surface area (Å²) in [5, 5.41) is 9.86. The third-order valence-corrected chi connectivity index (χ3v) is 5.49. The number of hydrogen-bond acceptors (Lipinski definition) is 4. The predicted molar refractivity (Wildman–Crippen MR) is 135 cm³/mol. The largest absolute Gasteiger partial charge is 0.358 e. The van der Waals surface area contributed by atoms with Crippen molar-refractivity contribution in [2.24, 2.45) is 0 Å². The number of carbonyl (C=O) groups is 3. The van der Waals surface area contributed by atoms with Crippen molar-refractivity contribution in [2.75, 3.05) is 25.5 Å². The number of nitrogens with zero attached hydrogens (tertiary/aromatic N) is 3. The van der Waals surface area contributed by atoms with E-state index in [9.17, 15) is 14.4 Å². The molecule has 35 heavy (non-hydrogen) atoms. The number of benzene rings is 3. The third-order valence-electron chi connectivity index (χ3n) is 5.49. The van der Waals surface area contributed by atoms with Gasteiger partial charge in [-0.05, 0) is 30.3 Å². The minimum atomic E-state index is -0.469. The van der Waals surface area contributed by atoms with Gasteiger partial charge in [-0.25, -0.2) is 4.68 Å². The molecule has 1 aromatic heterocycles. The molecular weight excluding hydrogens is 442 g/mol. The standard InChI is InChI=1S/C27H25N5O3/c1-28-25(33)18-31(23-16-10-9-15-21(23)26(34)29-2)27(35)24-17-22(19-11-5-3-6-12-19)30-32(24)20-13-7-4-8-14-20/h3-17H,18H2,1-2H3,(H,28,33)(H,29,34). The van der Waals surface area contributed by atoms with Crippen molar-refractivity contribution in [1.29, 1.82) is 0 Å². The van der Waals surface area contributed by atoms with Crippen LogP contribution in [0.3, 0.4) is 0 Å². The van der Waals surface area contributed by atoms with Crippen LogP contribution in [0.2, 0.25) is 0 Å². The van der Waals surface area contributed by atoms with Gasteiger partial charge in [0.05, 0.1) is 22.6 Å². The van der Waals surface area contributed by atoms with E-state index in [0.29, 0.717) is 17.1 Å². The second-order valence-corrected chi connectivity index (χ2v) is 7.69. The fourth-order valence-electron chi connectivity index (χ4n) is 3.71. The summed E-state index contributed by atoms with van der Waals surface area (Å²) in [6.45, 7) is -0.274. The Hall–Kier alpha value is -4.72. The van der Waals surface area contributed by atoms with Gasteiger partial charge in [0, 0.05) is 19.7 Å². The molecule has 0 radical (unpaired) electrons. The van der Waals surface area contributed by atoms with Crippen LogP contribution in [0.4, 0.5) is 5.69 Å². The van der Waals surface area contributed by atoms with E-state index >= 15 is 0 Å². The van der Waals surface area contributed by atoms with Crippen LogP contribution in [0.5, 0.6) is 0 Å². The lowest BCUT2D eigenvalue weighted by Crippen LogP contribution is -2.41. The molecule has 8 heteroatoms. The Balaban J connectivity index is 1.88. The zero-order chi connectivity index (χ0) is 24.8. The van der Waals surface area contributed by atoms with Gasteiger partial charge in [0.1, 0.15) is 12.2 Å². The quantitative estimate of drug-likeness (QED) is 0.436. The molecule has 0 saturated carbocycles. The van der Waals surface area contributed by atoms with E-state index in [1.165, 1.54) is 19.0 Å². The highest BCUT2D eigenvalue weighted by Gasteiger charge is 2.28. The van der Waals surface area contributed by atoms with Crippen LogP contribution in [0.25, 0.3) is 16.9 Å². The molecule has 0 aliphatic carbocycles. The number of anilines is 1. The minimum absolute atomic E-state index is 0.255. The maximum Gasteiger partial charge on any atom is 0.277 e. The van der Waals surface area contributed by atoms with Crippen LogP contribution in [0, 0.1) is 0 Å². The normalized spacial score (nSPS) is 10.5. The van der Waals surface area contributed by atoms with E-state index in [4.69, 9.17) is 5.10 Å². The molecular formula is C27H25N5O3. The van der Waals surface area contributed by atoms with E-state index in [1.54, 1.807) is 35.0 Å². The molecule has 0 atom stereocenters. The van der Waals surface area contributed by atoms with Gasteiger partial charge in [0.25, 0.3) is 11.8 Å². The van der Waals surface area contributed by atoms with Crippen LogP contribution < -0.4 is 15.5 Å². The molecule has 8 nitrogen and oxygen atoms in total. The smallest absolute Gasteiger partial charge is 0.277 e. The molecule has 3 aromatic carbocycles. The number of rotatable bonds is 7. The molecule has 3 amide bonds. The molecule has 2 N–H and O–H groups in total. The first-order valence-electron chi connectivity index (χ1n) is 11.1. The number of amides is 3. The van der Waals surface area contributed by atoms with Crippen molar-refractivity contribution >= 4 is 23.4 Å². The van der Waals surface area contributed by atoms with Gasteiger partial charge in [-0.3, -0.25) is 19.3 Å². The summed E-state index contributed by atoms with van der Waals surface area (Å²) in [5.41, 5.74) is 3.00. The number of para-hydroxylation sites is 2. The van der Waals surface area contributed by atoms with E-state index in [-0.39, 0.29) is 29.6 Å². The van der Waals surface area contributed by atoms with Gasteiger partial charge in [0.15, 0.2) is 0 Å². The van der Waals surface area contributed by atoms with Gasteiger partial charge in [-0.2, -0.15) is 5.10 Å². The van der Waals surface area contributed by atoms with Gasteiger partial charge in [-0.1, -0.05) is 60.7 Å². The van der Waals surface area contributed by atoms with Gasteiger partial charge in [0.2, 0.25) is 5.91 Å². The number of likely N-dealkylation sites (N-methyl/N-ethyl adjacent to an activating group) is 1. The van der Waals surface area contributed by atoms with E-state index in [2.05, 4.69) is 10.6 Å². The summed E-state index contributed by atoms with van der Waals surface area (Å²) < 4.78 is 1.56. The maximum atomic E-state index is 14.1. The lowest BCUT2D eigenvalue weighted by molar-refractivity contribution is -0.119. The zero-order valence-corrected chi connectivity index (χ0v) is 19.4. The van der Waals surface area contributed by atoms with Gasteiger partial charge < -0.3 is 10.6 Å². The van der Waals surface area contributed by atoms with Crippen molar-refractivity contribution < 1.29 is 14.4 Å². The molecule has 0 spiro atoms.